The highest BCUT2D eigenvalue weighted by atomic mass is 16.6. The minimum Gasteiger partial charge on any atom is -0.494 e. The summed E-state index contributed by atoms with van der Waals surface area (Å²) in [6.07, 6.45) is 13.5. The van der Waals surface area contributed by atoms with Gasteiger partial charge in [-0.25, -0.2) is 0 Å². The van der Waals surface area contributed by atoms with Crippen molar-refractivity contribution < 1.29 is 9.66 Å². The number of hydrogen-bond donors (Lipinski definition) is 1. The molecule has 24 heavy (non-hydrogen) atoms. The number of rotatable bonds is 3. The van der Waals surface area contributed by atoms with Crippen molar-refractivity contribution in [1.82, 2.24) is 0 Å². The van der Waals surface area contributed by atoms with Gasteiger partial charge < -0.3 is 10.1 Å². The Balaban J connectivity index is 1.78. The van der Waals surface area contributed by atoms with E-state index in [9.17, 15) is 10.1 Å². The van der Waals surface area contributed by atoms with Gasteiger partial charge in [0.25, 0.3) is 5.69 Å². The molecule has 1 heterocycles. The number of methoxy groups -OCH3 is 1. The van der Waals surface area contributed by atoms with Crippen LogP contribution in [-0.2, 0) is 0 Å². The van der Waals surface area contributed by atoms with E-state index in [1.54, 1.807) is 13.2 Å². The van der Waals surface area contributed by atoms with Gasteiger partial charge in [0, 0.05) is 18.0 Å². The highest BCUT2D eigenvalue weighted by molar-refractivity contribution is 5.70. The average Bonchev–Trinajstić information content (AvgIpc) is 3.10. The molecule has 1 aromatic carbocycles. The van der Waals surface area contributed by atoms with E-state index >= 15 is 0 Å². The molecule has 0 aromatic heterocycles. The van der Waals surface area contributed by atoms with Crippen LogP contribution in [0, 0.1) is 22.0 Å². The van der Waals surface area contributed by atoms with Crippen molar-refractivity contribution in [1.29, 1.82) is 0 Å². The average molecular weight is 326 g/mol. The highest BCUT2D eigenvalue weighted by Gasteiger charge is 2.42. The molecule has 2 aliphatic carbocycles. The van der Waals surface area contributed by atoms with E-state index in [-0.39, 0.29) is 16.5 Å². The van der Waals surface area contributed by atoms with Gasteiger partial charge in [-0.1, -0.05) is 24.3 Å². The van der Waals surface area contributed by atoms with E-state index in [1.807, 2.05) is 0 Å². The summed E-state index contributed by atoms with van der Waals surface area (Å²) in [7, 11) is 1.58. The van der Waals surface area contributed by atoms with Gasteiger partial charge in [0.2, 0.25) is 0 Å². The molecule has 5 heteroatoms. The fourth-order valence-electron chi connectivity index (χ4n) is 4.57. The monoisotopic (exact) mass is 326 g/mol. The Morgan fingerprint density at radius 3 is 2.83 bits per heavy atom. The van der Waals surface area contributed by atoms with Gasteiger partial charge in [0.05, 0.1) is 23.8 Å². The largest absolute Gasteiger partial charge is 0.494 e. The standard InChI is InChI=1S/C19H22N2O3/c1-24-17-11-13(21(22)23)10-16-14-8-5-9-15(14)18(20-19(16)17)12-6-3-2-4-7-12/h2-3,5,8,10-12,14-15,18,20H,4,6-7,9H2,1H3/t12-,14+,15+,18-/m1/s1. The normalized spacial score (nSPS) is 30.4. The van der Waals surface area contributed by atoms with Crippen LogP contribution < -0.4 is 10.1 Å². The van der Waals surface area contributed by atoms with Gasteiger partial charge in [-0.05, 0) is 43.1 Å². The molecule has 0 saturated heterocycles. The molecule has 0 spiro atoms. The van der Waals surface area contributed by atoms with Crippen LogP contribution in [0.2, 0.25) is 0 Å². The molecule has 1 N–H and O–H groups in total. The number of non-ortho nitro benzene ring substituents is 1. The Labute approximate surface area is 141 Å². The topological polar surface area (TPSA) is 64.4 Å². The molecule has 0 fully saturated rings. The molecule has 0 radical (unpaired) electrons. The zero-order valence-corrected chi connectivity index (χ0v) is 13.8. The summed E-state index contributed by atoms with van der Waals surface area (Å²) in [5.74, 6) is 1.90. The highest BCUT2D eigenvalue weighted by Crippen LogP contribution is 2.51. The van der Waals surface area contributed by atoms with Gasteiger partial charge in [-0.15, -0.1) is 0 Å². The SMILES string of the molecule is COc1cc([N+](=O)[O-])cc2c1N[C@H]([C@@H]1CC=CCC1)[C@H]1CC=C[C@H]21. The van der Waals surface area contributed by atoms with Crippen LogP contribution in [0.25, 0.3) is 0 Å². The molecular formula is C19H22N2O3. The van der Waals surface area contributed by atoms with Crippen LogP contribution in [0.5, 0.6) is 5.75 Å². The third-order valence-electron chi connectivity index (χ3n) is 5.71. The third kappa shape index (κ3) is 2.39. The number of nitro benzene ring substituents is 1. The lowest BCUT2D eigenvalue weighted by molar-refractivity contribution is -0.385. The van der Waals surface area contributed by atoms with Gasteiger partial charge in [-0.3, -0.25) is 10.1 Å². The first-order valence-corrected chi connectivity index (χ1v) is 8.63. The van der Waals surface area contributed by atoms with E-state index in [0.29, 0.717) is 23.6 Å². The second-order valence-electron chi connectivity index (χ2n) is 6.94. The Morgan fingerprint density at radius 2 is 2.12 bits per heavy atom. The molecule has 1 aromatic rings. The Morgan fingerprint density at radius 1 is 1.25 bits per heavy atom. The zero-order chi connectivity index (χ0) is 16.7. The number of allylic oxidation sites excluding steroid dienone is 4. The lowest BCUT2D eigenvalue weighted by atomic mass is 9.72. The summed E-state index contributed by atoms with van der Waals surface area (Å²) in [6.45, 7) is 0. The Bertz CT molecular complexity index is 726. The molecule has 4 rings (SSSR count). The molecule has 4 atom stereocenters. The predicted molar refractivity (Wildman–Crippen MR) is 93.5 cm³/mol. The maximum atomic E-state index is 11.3. The second-order valence-corrected chi connectivity index (χ2v) is 6.94. The quantitative estimate of drug-likeness (QED) is 0.507. The predicted octanol–water partition coefficient (Wildman–Crippen LogP) is 4.41. The van der Waals surface area contributed by atoms with Crippen LogP contribution in [0.4, 0.5) is 11.4 Å². The molecule has 0 bridgehead atoms. The smallest absolute Gasteiger partial charge is 0.273 e. The van der Waals surface area contributed by atoms with Gasteiger partial charge in [0.15, 0.2) is 0 Å². The van der Waals surface area contributed by atoms with Crippen molar-refractivity contribution in [2.24, 2.45) is 11.8 Å². The van der Waals surface area contributed by atoms with Crippen molar-refractivity contribution in [3.8, 4) is 5.75 Å². The molecular weight excluding hydrogens is 304 g/mol. The number of anilines is 1. The van der Waals surface area contributed by atoms with Crippen molar-refractivity contribution in [3.05, 3.63) is 52.1 Å². The van der Waals surface area contributed by atoms with Gasteiger partial charge in [0.1, 0.15) is 5.75 Å². The number of nitro groups is 1. The van der Waals surface area contributed by atoms with Crippen LogP contribution in [0.3, 0.4) is 0 Å². The van der Waals surface area contributed by atoms with Crippen LogP contribution in [0.1, 0.15) is 37.2 Å². The molecule has 3 aliphatic rings. The summed E-state index contributed by atoms with van der Waals surface area (Å²) >= 11 is 0. The van der Waals surface area contributed by atoms with Crippen molar-refractivity contribution in [2.75, 3.05) is 12.4 Å². The Kier molecular flexibility index (Phi) is 3.79. The number of ether oxygens (including phenoxy) is 1. The van der Waals surface area contributed by atoms with Crippen molar-refractivity contribution in [3.63, 3.8) is 0 Å². The molecule has 0 amide bonds. The first kappa shape index (κ1) is 15.2. The summed E-state index contributed by atoms with van der Waals surface area (Å²) < 4.78 is 5.48. The van der Waals surface area contributed by atoms with E-state index < -0.39 is 0 Å². The summed E-state index contributed by atoms with van der Waals surface area (Å²) in [5.41, 5.74) is 2.04. The molecule has 0 unspecified atom stereocenters. The minimum absolute atomic E-state index is 0.102. The van der Waals surface area contributed by atoms with E-state index in [2.05, 4.69) is 29.6 Å². The fraction of sp³-hybridized carbons (Fsp3) is 0.474. The van der Waals surface area contributed by atoms with Crippen LogP contribution in [-0.4, -0.2) is 18.1 Å². The van der Waals surface area contributed by atoms with Crippen molar-refractivity contribution in [2.45, 2.75) is 37.6 Å². The van der Waals surface area contributed by atoms with Gasteiger partial charge >= 0.3 is 0 Å². The minimum atomic E-state index is -0.339. The molecule has 1 aliphatic heterocycles. The first-order valence-electron chi connectivity index (χ1n) is 8.63. The van der Waals surface area contributed by atoms with Crippen molar-refractivity contribution >= 4 is 11.4 Å². The number of nitrogens with one attached hydrogen (secondary N) is 1. The number of benzene rings is 1. The molecule has 126 valence electrons. The fourth-order valence-corrected chi connectivity index (χ4v) is 4.57. The number of hydrogen-bond acceptors (Lipinski definition) is 4. The third-order valence-corrected chi connectivity index (χ3v) is 5.71. The summed E-state index contributed by atoms with van der Waals surface area (Å²) in [4.78, 5) is 10.9. The Hall–Kier alpha value is -2.30. The first-order chi connectivity index (χ1) is 11.7. The number of nitrogens with zero attached hydrogens (tertiary/aromatic N) is 1. The molecule has 5 nitrogen and oxygen atoms in total. The molecule has 0 saturated carbocycles. The summed E-state index contributed by atoms with van der Waals surface area (Å²) in [5, 5.41) is 15.0. The lowest BCUT2D eigenvalue weighted by Gasteiger charge is -2.42. The summed E-state index contributed by atoms with van der Waals surface area (Å²) in [6, 6.07) is 3.63. The van der Waals surface area contributed by atoms with E-state index in [4.69, 9.17) is 4.74 Å². The maximum Gasteiger partial charge on any atom is 0.273 e. The van der Waals surface area contributed by atoms with Gasteiger partial charge in [-0.2, -0.15) is 0 Å². The number of fused-ring (bicyclic) bond motifs is 3. The second kappa shape index (κ2) is 5.96. The van der Waals surface area contributed by atoms with E-state index in [0.717, 1.165) is 30.5 Å². The van der Waals surface area contributed by atoms with E-state index in [1.165, 1.54) is 12.5 Å². The lowest BCUT2D eigenvalue weighted by Crippen LogP contribution is -2.42. The van der Waals surface area contributed by atoms with Crippen LogP contribution in [0.15, 0.2) is 36.4 Å². The van der Waals surface area contributed by atoms with Crippen LogP contribution >= 0.6 is 0 Å². The zero-order valence-electron chi connectivity index (χ0n) is 13.8. The maximum absolute atomic E-state index is 11.3.